The molecule has 2 aliphatic rings. The Bertz CT molecular complexity index is 1470. The monoisotopic (exact) mass is 678 g/mol. The Morgan fingerprint density at radius 1 is 0.933 bits per heavy atom. The number of alkyl halides is 3. The van der Waals surface area contributed by atoms with E-state index in [4.69, 9.17) is 9.47 Å². The summed E-state index contributed by atoms with van der Waals surface area (Å²) in [4.78, 5) is 12.8. The molecule has 1 heterocycles. The Kier molecular flexibility index (Phi) is 11.7. The number of thioether (sulfide) groups is 2. The second-order valence-electron chi connectivity index (χ2n) is 9.90. The second-order valence-corrected chi connectivity index (χ2v) is 12.5. The van der Waals surface area contributed by atoms with Gasteiger partial charge in [-0.1, -0.05) is 12.7 Å². The molecule has 0 aromatic heterocycles. The highest BCUT2D eigenvalue weighted by Crippen LogP contribution is 2.47. The SMILES string of the molecule is C=COCCCC1CSC(c2cc(F)c(C(=O)OC3=CCC/C=C(\c4cc(F)c(OC(F)(F)F)c(F)c4)C(F)=C3)c(F)c2)SC1. The largest absolute Gasteiger partial charge is 0.573 e. The molecule has 0 N–H and O–H groups in total. The molecule has 0 bridgehead atoms. The lowest BCUT2D eigenvalue weighted by atomic mass is 10.00. The lowest BCUT2D eigenvalue weighted by Crippen LogP contribution is -2.19. The van der Waals surface area contributed by atoms with Crippen molar-refractivity contribution in [2.75, 3.05) is 18.1 Å². The third kappa shape index (κ3) is 9.32. The summed E-state index contributed by atoms with van der Waals surface area (Å²) in [7, 11) is 0. The van der Waals surface area contributed by atoms with Gasteiger partial charge in [0.25, 0.3) is 0 Å². The number of esters is 1. The smallest absolute Gasteiger partial charge is 0.502 e. The average molecular weight is 679 g/mol. The minimum atomic E-state index is -5.37. The van der Waals surface area contributed by atoms with Crippen molar-refractivity contribution in [2.24, 2.45) is 5.92 Å². The van der Waals surface area contributed by atoms with Gasteiger partial charge in [0.2, 0.25) is 5.75 Å². The number of ether oxygens (including phenoxy) is 3. The van der Waals surface area contributed by atoms with Gasteiger partial charge in [0.1, 0.15) is 28.8 Å². The minimum absolute atomic E-state index is 0.0548. The predicted octanol–water partition coefficient (Wildman–Crippen LogP) is 9.95. The molecule has 242 valence electrons. The zero-order valence-electron chi connectivity index (χ0n) is 23.4. The minimum Gasteiger partial charge on any atom is -0.502 e. The lowest BCUT2D eigenvalue weighted by molar-refractivity contribution is -0.276. The number of hydrogen-bond donors (Lipinski definition) is 0. The quantitative estimate of drug-likeness (QED) is 0.108. The van der Waals surface area contributed by atoms with Crippen LogP contribution in [0.3, 0.4) is 0 Å². The van der Waals surface area contributed by atoms with Gasteiger partial charge in [-0.2, -0.15) is 0 Å². The summed E-state index contributed by atoms with van der Waals surface area (Å²) >= 11 is 3.08. The average Bonchev–Trinajstić information content (AvgIpc) is 2.95. The highest BCUT2D eigenvalue weighted by Gasteiger charge is 2.34. The van der Waals surface area contributed by atoms with Crippen LogP contribution < -0.4 is 4.74 Å². The fourth-order valence-corrected chi connectivity index (χ4v) is 7.72. The van der Waals surface area contributed by atoms with Crippen LogP contribution in [-0.2, 0) is 9.47 Å². The molecular weight excluding hydrogens is 652 g/mol. The molecule has 0 atom stereocenters. The highest BCUT2D eigenvalue weighted by atomic mass is 32.2. The third-order valence-electron chi connectivity index (χ3n) is 6.62. The molecular formula is C31H26F8O4S2. The van der Waals surface area contributed by atoms with Crippen LogP contribution in [0.2, 0.25) is 0 Å². The fourth-order valence-electron chi connectivity index (χ4n) is 4.59. The lowest BCUT2D eigenvalue weighted by Gasteiger charge is -2.28. The molecule has 0 radical (unpaired) electrons. The van der Waals surface area contributed by atoms with Gasteiger partial charge in [-0.25, -0.2) is 26.7 Å². The number of rotatable bonds is 10. The van der Waals surface area contributed by atoms with Crippen molar-refractivity contribution in [3.63, 3.8) is 0 Å². The van der Waals surface area contributed by atoms with E-state index in [-0.39, 0.29) is 17.4 Å². The first-order valence-corrected chi connectivity index (χ1v) is 15.7. The van der Waals surface area contributed by atoms with Crippen LogP contribution in [0.5, 0.6) is 5.75 Å². The van der Waals surface area contributed by atoms with Crippen LogP contribution in [0.25, 0.3) is 5.57 Å². The molecule has 4 nitrogen and oxygen atoms in total. The van der Waals surface area contributed by atoms with Gasteiger partial charge in [0, 0.05) is 11.6 Å². The summed E-state index contributed by atoms with van der Waals surface area (Å²) < 4.78 is 125. The first-order valence-electron chi connectivity index (χ1n) is 13.6. The number of carbonyl (C=O) groups is 1. The number of allylic oxidation sites excluding steroid dienone is 5. The van der Waals surface area contributed by atoms with E-state index in [1.54, 1.807) is 23.5 Å². The molecule has 45 heavy (non-hydrogen) atoms. The zero-order chi connectivity index (χ0) is 32.7. The van der Waals surface area contributed by atoms with Crippen molar-refractivity contribution in [3.05, 3.63) is 107 Å². The van der Waals surface area contributed by atoms with E-state index in [2.05, 4.69) is 11.3 Å². The maximum absolute atomic E-state index is 15.2. The number of hydrogen-bond acceptors (Lipinski definition) is 6. The Balaban J connectivity index is 1.45. The molecule has 4 rings (SSSR count). The molecule has 14 heteroatoms. The van der Waals surface area contributed by atoms with Crippen LogP contribution in [0, 0.1) is 29.2 Å². The molecule has 0 unspecified atom stereocenters. The van der Waals surface area contributed by atoms with Crippen molar-refractivity contribution < 1.29 is 54.1 Å². The Labute approximate surface area is 262 Å². The van der Waals surface area contributed by atoms with Crippen molar-refractivity contribution >= 4 is 35.1 Å². The number of halogens is 8. The summed E-state index contributed by atoms with van der Waals surface area (Å²) in [5.41, 5.74) is -1.51. The van der Waals surface area contributed by atoms with E-state index >= 15 is 13.2 Å². The van der Waals surface area contributed by atoms with Gasteiger partial charge in [-0.15, -0.1) is 36.7 Å². The van der Waals surface area contributed by atoms with Gasteiger partial charge in [0.15, 0.2) is 11.6 Å². The first-order chi connectivity index (χ1) is 21.4. The summed E-state index contributed by atoms with van der Waals surface area (Å²) in [5, 5.41) is 0. The molecule has 1 aliphatic carbocycles. The maximum Gasteiger partial charge on any atom is 0.573 e. The van der Waals surface area contributed by atoms with E-state index in [9.17, 15) is 26.7 Å². The topological polar surface area (TPSA) is 44.8 Å². The zero-order valence-corrected chi connectivity index (χ0v) is 25.0. The van der Waals surface area contributed by atoms with Gasteiger partial charge in [0.05, 0.1) is 17.5 Å². The van der Waals surface area contributed by atoms with Crippen molar-refractivity contribution in [2.45, 2.75) is 36.6 Å². The van der Waals surface area contributed by atoms with E-state index in [1.165, 1.54) is 18.4 Å². The van der Waals surface area contributed by atoms with Gasteiger partial charge in [-0.3, -0.25) is 0 Å². The Morgan fingerprint density at radius 2 is 1.56 bits per heavy atom. The van der Waals surface area contributed by atoms with Crippen LogP contribution in [-0.4, -0.2) is 30.4 Å². The summed E-state index contributed by atoms with van der Waals surface area (Å²) in [6.45, 7) is 4.07. The van der Waals surface area contributed by atoms with Gasteiger partial charge >= 0.3 is 12.3 Å². The third-order valence-corrected chi connectivity index (χ3v) is 9.92. The molecule has 2 aromatic carbocycles. The molecule has 2 aromatic rings. The maximum atomic E-state index is 15.2. The van der Waals surface area contributed by atoms with E-state index in [0.717, 1.165) is 36.5 Å². The van der Waals surface area contributed by atoms with Crippen LogP contribution in [0.1, 0.15) is 51.8 Å². The number of carbonyl (C=O) groups excluding carboxylic acids is 1. The van der Waals surface area contributed by atoms with Crippen molar-refractivity contribution in [1.29, 1.82) is 0 Å². The fraction of sp³-hybridized carbons (Fsp3) is 0.323. The first kappa shape index (κ1) is 34.5. The van der Waals surface area contributed by atoms with E-state index < -0.39 is 69.6 Å². The van der Waals surface area contributed by atoms with Crippen LogP contribution >= 0.6 is 23.5 Å². The van der Waals surface area contributed by atoms with E-state index in [0.29, 0.717) is 36.3 Å². The Hall–Kier alpha value is -3.39. The highest BCUT2D eigenvalue weighted by molar-refractivity contribution is 8.16. The number of benzene rings is 2. The van der Waals surface area contributed by atoms with E-state index in [1.807, 2.05) is 0 Å². The molecule has 1 fully saturated rings. The molecule has 1 saturated heterocycles. The summed E-state index contributed by atoms with van der Waals surface area (Å²) in [6.07, 6.45) is 1.15. The molecule has 0 saturated carbocycles. The predicted molar refractivity (Wildman–Crippen MR) is 156 cm³/mol. The van der Waals surface area contributed by atoms with Crippen molar-refractivity contribution in [3.8, 4) is 5.75 Å². The molecule has 0 spiro atoms. The molecule has 0 amide bonds. The second kappa shape index (κ2) is 15.3. The standard InChI is InChI=1S/C31H26F8O4S2/c1-2-41-9-5-6-17-15-44-30(45-16-17)19-12-23(33)27(24(34)13-19)29(40)42-20-7-3-4-8-21(22(32)14-20)18-10-25(35)28(26(36)11-18)43-31(37,38)39/h2,7-8,10-14,17,30H,1,3-6,9,15-16H2/b20-7?,21-8+,22-14?. The summed E-state index contributed by atoms with van der Waals surface area (Å²) in [5.74, 6) is -8.56. The van der Waals surface area contributed by atoms with Gasteiger partial charge in [-0.05, 0) is 84.6 Å². The van der Waals surface area contributed by atoms with Gasteiger partial charge < -0.3 is 14.2 Å². The Morgan fingerprint density at radius 3 is 2.16 bits per heavy atom. The van der Waals surface area contributed by atoms with Crippen LogP contribution in [0.15, 0.2) is 66.9 Å². The van der Waals surface area contributed by atoms with Crippen LogP contribution in [0.4, 0.5) is 35.1 Å². The molecule has 1 aliphatic heterocycles. The normalized spacial score (nSPS) is 20.1. The summed E-state index contributed by atoms with van der Waals surface area (Å²) in [6, 6.07) is 3.02. The van der Waals surface area contributed by atoms with Crippen molar-refractivity contribution in [1.82, 2.24) is 0 Å².